The van der Waals surface area contributed by atoms with Crippen molar-refractivity contribution in [1.82, 2.24) is 4.98 Å². The molecule has 4 rings (SSSR count). The number of pyridine rings is 1. The second-order valence-corrected chi connectivity index (χ2v) is 6.83. The molecule has 1 aromatic heterocycles. The molecule has 6 nitrogen and oxygen atoms in total. The van der Waals surface area contributed by atoms with Gasteiger partial charge in [0.1, 0.15) is 5.75 Å². The minimum absolute atomic E-state index is 0.119. The highest BCUT2D eigenvalue weighted by molar-refractivity contribution is 6.07. The minimum atomic E-state index is -0.229. The first-order valence-corrected chi connectivity index (χ1v) is 9.22. The minimum Gasteiger partial charge on any atom is -0.497 e. The van der Waals surface area contributed by atoms with E-state index >= 15 is 0 Å². The van der Waals surface area contributed by atoms with Gasteiger partial charge in [0.15, 0.2) is 0 Å². The Bertz CT molecular complexity index is 1080. The molecule has 142 valence electrons. The molecule has 1 aliphatic rings. The molecule has 3 aromatic rings. The van der Waals surface area contributed by atoms with E-state index in [2.05, 4.69) is 10.3 Å². The van der Waals surface area contributed by atoms with E-state index in [4.69, 9.17) is 4.74 Å². The molecule has 2 heterocycles. The van der Waals surface area contributed by atoms with Crippen molar-refractivity contribution in [2.45, 2.75) is 19.8 Å². The number of nitrogens with one attached hydrogen (secondary N) is 1. The maximum Gasteiger partial charge on any atom is 0.257 e. The van der Waals surface area contributed by atoms with Crippen LogP contribution in [0.15, 0.2) is 48.5 Å². The molecule has 2 aromatic carbocycles. The van der Waals surface area contributed by atoms with Gasteiger partial charge in [-0.15, -0.1) is 0 Å². The fourth-order valence-electron chi connectivity index (χ4n) is 3.47. The standard InChI is InChI=1S/C22H21N3O3/c1-14-19(11-15-8-9-18(28-2)13-20(15)23-14)22(27)24-16-5-3-6-17(12-16)25-10-4-7-21(25)26/h3,5-6,8-9,11-13H,4,7,10H2,1-2H3,(H,24,27). The van der Waals surface area contributed by atoms with Gasteiger partial charge in [-0.25, -0.2) is 0 Å². The topological polar surface area (TPSA) is 71.5 Å². The molecule has 0 saturated carbocycles. The molecule has 2 amide bonds. The van der Waals surface area contributed by atoms with E-state index in [1.54, 1.807) is 12.0 Å². The van der Waals surface area contributed by atoms with Gasteiger partial charge in [0, 0.05) is 35.8 Å². The Morgan fingerprint density at radius 3 is 2.79 bits per heavy atom. The van der Waals surface area contributed by atoms with E-state index < -0.39 is 0 Å². The predicted octanol–water partition coefficient (Wildman–Crippen LogP) is 3.93. The molecule has 0 atom stereocenters. The average Bonchev–Trinajstić information content (AvgIpc) is 3.13. The molecule has 1 fully saturated rings. The van der Waals surface area contributed by atoms with E-state index in [9.17, 15) is 9.59 Å². The van der Waals surface area contributed by atoms with Gasteiger partial charge in [-0.3, -0.25) is 14.6 Å². The van der Waals surface area contributed by atoms with Gasteiger partial charge < -0.3 is 15.0 Å². The van der Waals surface area contributed by atoms with Crippen molar-refractivity contribution in [3.8, 4) is 5.75 Å². The van der Waals surface area contributed by atoms with Crippen molar-refractivity contribution in [3.05, 3.63) is 59.8 Å². The lowest BCUT2D eigenvalue weighted by atomic mass is 10.1. The first-order chi connectivity index (χ1) is 13.5. The van der Waals surface area contributed by atoms with Crippen molar-refractivity contribution < 1.29 is 14.3 Å². The fourth-order valence-corrected chi connectivity index (χ4v) is 3.47. The maximum absolute atomic E-state index is 12.8. The van der Waals surface area contributed by atoms with Gasteiger partial charge in [0.2, 0.25) is 5.91 Å². The summed E-state index contributed by atoms with van der Waals surface area (Å²) in [5.74, 6) is 0.617. The van der Waals surface area contributed by atoms with Gasteiger partial charge in [0.25, 0.3) is 5.91 Å². The van der Waals surface area contributed by atoms with Crippen molar-refractivity contribution >= 4 is 34.1 Å². The van der Waals surface area contributed by atoms with Crippen molar-refractivity contribution in [1.29, 1.82) is 0 Å². The van der Waals surface area contributed by atoms with Crippen LogP contribution < -0.4 is 15.0 Å². The van der Waals surface area contributed by atoms with E-state index in [1.165, 1.54) is 0 Å². The molecule has 0 spiro atoms. The third-order valence-corrected chi connectivity index (χ3v) is 4.95. The van der Waals surface area contributed by atoms with Crippen molar-refractivity contribution in [3.63, 3.8) is 0 Å². The molecule has 0 unspecified atom stereocenters. The van der Waals surface area contributed by atoms with Gasteiger partial charge in [-0.2, -0.15) is 0 Å². The normalized spacial score (nSPS) is 13.8. The number of aryl methyl sites for hydroxylation is 1. The van der Waals surface area contributed by atoms with Crippen LogP contribution in [0.25, 0.3) is 10.9 Å². The summed E-state index contributed by atoms with van der Waals surface area (Å²) in [6.07, 6.45) is 1.44. The Hall–Kier alpha value is -3.41. The lowest BCUT2D eigenvalue weighted by Gasteiger charge is -2.17. The number of methoxy groups -OCH3 is 1. The van der Waals surface area contributed by atoms with Crippen LogP contribution in [0.3, 0.4) is 0 Å². The number of fused-ring (bicyclic) bond motifs is 1. The van der Waals surface area contributed by atoms with Gasteiger partial charge in [0.05, 0.1) is 23.9 Å². The Morgan fingerprint density at radius 1 is 1.18 bits per heavy atom. The van der Waals surface area contributed by atoms with Crippen LogP contribution in [0.1, 0.15) is 28.9 Å². The largest absolute Gasteiger partial charge is 0.497 e. The highest BCUT2D eigenvalue weighted by Gasteiger charge is 2.22. The Morgan fingerprint density at radius 2 is 2.04 bits per heavy atom. The number of nitrogens with zero attached hydrogens (tertiary/aromatic N) is 2. The SMILES string of the molecule is COc1ccc2cc(C(=O)Nc3cccc(N4CCCC4=O)c3)c(C)nc2c1. The number of hydrogen-bond acceptors (Lipinski definition) is 4. The molecule has 6 heteroatoms. The highest BCUT2D eigenvalue weighted by Crippen LogP contribution is 2.26. The smallest absolute Gasteiger partial charge is 0.257 e. The van der Waals surface area contributed by atoms with Crippen LogP contribution in [0.4, 0.5) is 11.4 Å². The summed E-state index contributed by atoms with van der Waals surface area (Å²) in [4.78, 5) is 31.1. The summed E-state index contributed by atoms with van der Waals surface area (Å²) >= 11 is 0. The van der Waals surface area contributed by atoms with Gasteiger partial charge in [-0.05, 0) is 49.7 Å². The first kappa shape index (κ1) is 18.0. The number of amides is 2. The second kappa shape index (κ2) is 7.31. The van der Waals surface area contributed by atoms with Crippen LogP contribution in [-0.4, -0.2) is 30.5 Å². The van der Waals surface area contributed by atoms with Crippen molar-refractivity contribution in [2.75, 3.05) is 23.9 Å². The Labute approximate surface area is 163 Å². The average molecular weight is 375 g/mol. The molecule has 0 radical (unpaired) electrons. The summed E-state index contributed by atoms with van der Waals surface area (Å²) in [5.41, 5.74) is 3.39. The second-order valence-electron chi connectivity index (χ2n) is 6.83. The zero-order valence-electron chi connectivity index (χ0n) is 15.9. The number of rotatable bonds is 4. The van der Waals surface area contributed by atoms with E-state index in [0.29, 0.717) is 29.9 Å². The van der Waals surface area contributed by atoms with E-state index in [1.807, 2.05) is 55.5 Å². The molecule has 0 aliphatic carbocycles. The van der Waals surface area contributed by atoms with Gasteiger partial charge in [-0.1, -0.05) is 6.07 Å². The van der Waals surface area contributed by atoms with Crippen LogP contribution >= 0.6 is 0 Å². The maximum atomic E-state index is 12.8. The summed E-state index contributed by atoms with van der Waals surface area (Å²) in [7, 11) is 1.61. The lowest BCUT2D eigenvalue weighted by molar-refractivity contribution is -0.117. The third kappa shape index (κ3) is 3.41. The van der Waals surface area contributed by atoms with Crippen LogP contribution in [-0.2, 0) is 4.79 Å². The molecule has 28 heavy (non-hydrogen) atoms. The fraction of sp³-hybridized carbons (Fsp3) is 0.227. The number of anilines is 2. The van der Waals surface area contributed by atoms with Crippen molar-refractivity contribution in [2.24, 2.45) is 0 Å². The number of aromatic nitrogens is 1. The number of carbonyl (C=O) groups excluding carboxylic acids is 2. The summed E-state index contributed by atoms with van der Waals surface area (Å²) in [6, 6.07) is 14.8. The summed E-state index contributed by atoms with van der Waals surface area (Å²) < 4.78 is 5.23. The van der Waals surface area contributed by atoms with Crippen LogP contribution in [0, 0.1) is 6.92 Å². The Balaban J connectivity index is 1.60. The van der Waals surface area contributed by atoms with E-state index in [-0.39, 0.29) is 11.8 Å². The zero-order chi connectivity index (χ0) is 19.7. The van der Waals surface area contributed by atoms with E-state index in [0.717, 1.165) is 28.8 Å². The predicted molar refractivity (Wildman–Crippen MR) is 109 cm³/mol. The summed E-state index contributed by atoms with van der Waals surface area (Å²) in [6.45, 7) is 2.53. The van der Waals surface area contributed by atoms with Gasteiger partial charge >= 0.3 is 0 Å². The van der Waals surface area contributed by atoms with Crippen LogP contribution in [0.5, 0.6) is 5.75 Å². The molecule has 0 bridgehead atoms. The third-order valence-electron chi connectivity index (χ3n) is 4.95. The number of ether oxygens (including phenoxy) is 1. The molecular formula is C22H21N3O3. The first-order valence-electron chi connectivity index (χ1n) is 9.22. The number of carbonyl (C=O) groups is 2. The monoisotopic (exact) mass is 375 g/mol. The number of benzene rings is 2. The zero-order valence-corrected chi connectivity index (χ0v) is 15.9. The lowest BCUT2D eigenvalue weighted by Crippen LogP contribution is -2.23. The molecule has 1 aliphatic heterocycles. The highest BCUT2D eigenvalue weighted by atomic mass is 16.5. The number of hydrogen-bond donors (Lipinski definition) is 1. The summed E-state index contributed by atoms with van der Waals surface area (Å²) in [5, 5.41) is 3.79. The molecule has 1 N–H and O–H groups in total. The quantitative estimate of drug-likeness (QED) is 0.750. The molecular weight excluding hydrogens is 354 g/mol. The van der Waals surface area contributed by atoms with Crippen LogP contribution in [0.2, 0.25) is 0 Å². The Kier molecular flexibility index (Phi) is 4.69. The molecule has 1 saturated heterocycles.